The first-order valence-electron chi connectivity index (χ1n) is 5.79. The quantitative estimate of drug-likeness (QED) is 0.911. The van der Waals surface area contributed by atoms with Crippen LogP contribution in [-0.2, 0) is 0 Å². The highest BCUT2D eigenvalue weighted by Crippen LogP contribution is 2.33. The van der Waals surface area contributed by atoms with Crippen molar-refractivity contribution in [3.63, 3.8) is 0 Å². The van der Waals surface area contributed by atoms with Crippen LogP contribution in [0, 0.1) is 5.82 Å². The Morgan fingerprint density at radius 1 is 1.15 bits per heavy atom. The van der Waals surface area contributed by atoms with Crippen LogP contribution in [0.2, 0.25) is 0 Å². The number of rotatable bonds is 2. The zero-order chi connectivity index (χ0) is 14.1. The average molecular weight is 338 g/mol. The minimum Gasteiger partial charge on any atom is -0.454 e. The molecule has 0 fully saturated rings. The second-order valence-electron chi connectivity index (χ2n) is 4.15. The maximum atomic E-state index is 13.0. The molecule has 0 saturated carbocycles. The average Bonchev–Trinajstić information content (AvgIpc) is 2.89. The lowest BCUT2D eigenvalue weighted by molar-refractivity contribution is 0.102. The van der Waals surface area contributed by atoms with Crippen molar-refractivity contribution < 1.29 is 18.7 Å². The van der Waals surface area contributed by atoms with Gasteiger partial charge in [0.15, 0.2) is 11.5 Å². The molecule has 0 spiro atoms. The molecule has 102 valence electrons. The van der Waals surface area contributed by atoms with Crippen molar-refractivity contribution in [2.24, 2.45) is 0 Å². The van der Waals surface area contributed by atoms with Crippen LogP contribution in [0.5, 0.6) is 11.5 Å². The molecule has 3 rings (SSSR count). The van der Waals surface area contributed by atoms with E-state index in [2.05, 4.69) is 21.2 Å². The normalized spacial score (nSPS) is 12.3. The smallest absolute Gasteiger partial charge is 0.255 e. The number of halogens is 2. The van der Waals surface area contributed by atoms with Gasteiger partial charge in [0.1, 0.15) is 5.82 Å². The van der Waals surface area contributed by atoms with Gasteiger partial charge >= 0.3 is 0 Å². The van der Waals surface area contributed by atoms with Crippen LogP contribution in [0.1, 0.15) is 10.4 Å². The predicted octanol–water partition coefficient (Wildman–Crippen LogP) is 3.57. The van der Waals surface area contributed by atoms with E-state index in [9.17, 15) is 9.18 Å². The Labute approximate surface area is 122 Å². The highest BCUT2D eigenvalue weighted by Gasteiger charge is 2.16. The van der Waals surface area contributed by atoms with Crippen molar-refractivity contribution in [3.05, 3.63) is 52.3 Å². The number of hydrogen-bond acceptors (Lipinski definition) is 3. The van der Waals surface area contributed by atoms with E-state index in [1.165, 1.54) is 18.2 Å². The molecule has 1 N–H and O–H groups in total. The van der Waals surface area contributed by atoms with Gasteiger partial charge in [-0.25, -0.2) is 4.39 Å². The van der Waals surface area contributed by atoms with E-state index in [1.807, 2.05) is 0 Å². The van der Waals surface area contributed by atoms with E-state index in [-0.39, 0.29) is 18.5 Å². The highest BCUT2D eigenvalue weighted by molar-refractivity contribution is 9.10. The first kappa shape index (κ1) is 12.9. The fraction of sp³-hybridized carbons (Fsp3) is 0.0714. The van der Waals surface area contributed by atoms with E-state index in [4.69, 9.17) is 9.47 Å². The van der Waals surface area contributed by atoms with Crippen LogP contribution in [0.3, 0.4) is 0 Å². The topological polar surface area (TPSA) is 47.6 Å². The van der Waals surface area contributed by atoms with Crippen molar-refractivity contribution in [2.75, 3.05) is 12.1 Å². The largest absolute Gasteiger partial charge is 0.454 e. The number of nitrogens with one attached hydrogen (secondary N) is 1. The van der Waals surface area contributed by atoms with Gasteiger partial charge in [-0.05, 0) is 52.3 Å². The van der Waals surface area contributed by atoms with Crippen molar-refractivity contribution in [1.29, 1.82) is 0 Å². The van der Waals surface area contributed by atoms with Crippen molar-refractivity contribution in [3.8, 4) is 11.5 Å². The standard InChI is InChI=1S/C14H9BrFNO3/c15-10-6-9(16)2-3-11(10)17-14(18)8-1-4-12-13(5-8)20-7-19-12/h1-6H,7H2,(H,17,18). The third kappa shape index (κ3) is 2.46. The molecule has 0 saturated heterocycles. The van der Waals surface area contributed by atoms with Gasteiger partial charge in [0.2, 0.25) is 6.79 Å². The zero-order valence-corrected chi connectivity index (χ0v) is 11.7. The number of ether oxygens (including phenoxy) is 2. The molecule has 1 aliphatic rings. The summed E-state index contributed by atoms with van der Waals surface area (Å²) in [6.45, 7) is 0.157. The summed E-state index contributed by atoms with van der Waals surface area (Å²) in [6.07, 6.45) is 0. The van der Waals surface area contributed by atoms with Gasteiger partial charge in [0.05, 0.1) is 5.69 Å². The van der Waals surface area contributed by atoms with Gasteiger partial charge < -0.3 is 14.8 Å². The Morgan fingerprint density at radius 3 is 2.75 bits per heavy atom. The molecular weight excluding hydrogens is 329 g/mol. The molecule has 0 unspecified atom stereocenters. The predicted molar refractivity (Wildman–Crippen MR) is 74.6 cm³/mol. The third-order valence-corrected chi connectivity index (χ3v) is 3.47. The third-order valence-electron chi connectivity index (χ3n) is 2.81. The van der Waals surface area contributed by atoms with Gasteiger partial charge in [0, 0.05) is 10.0 Å². The molecular formula is C14H9BrFNO3. The second kappa shape index (κ2) is 5.13. The number of benzene rings is 2. The van der Waals surface area contributed by atoms with Gasteiger partial charge in [-0.15, -0.1) is 0 Å². The number of anilines is 1. The van der Waals surface area contributed by atoms with E-state index >= 15 is 0 Å². The molecule has 0 radical (unpaired) electrons. The van der Waals surface area contributed by atoms with Crippen LogP contribution in [0.25, 0.3) is 0 Å². The molecule has 1 heterocycles. The summed E-state index contributed by atoms with van der Waals surface area (Å²) in [5, 5.41) is 2.70. The highest BCUT2D eigenvalue weighted by atomic mass is 79.9. The van der Waals surface area contributed by atoms with Crippen molar-refractivity contribution >= 4 is 27.5 Å². The lowest BCUT2D eigenvalue weighted by Crippen LogP contribution is -2.12. The molecule has 2 aromatic carbocycles. The van der Waals surface area contributed by atoms with Gasteiger partial charge in [-0.3, -0.25) is 4.79 Å². The van der Waals surface area contributed by atoms with Crippen LogP contribution >= 0.6 is 15.9 Å². The van der Waals surface area contributed by atoms with Crippen LogP contribution in [-0.4, -0.2) is 12.7 Å². The fourth-order valence-electron chi connectivity index (χ4n) is 1.82. The van der Waals surface area contributed by atoms with Crippen molar-refractivity contribution in [2.45, 2.75) is 0 Å². The second-order valence-corrected chi connectivity index (χ2v) is 5.00. The monoisotopic (exact) mass is 337 g/mol. The van der Waals surface area contributed by atoms with E-state index in [1.54, 1.807) is 18.2 Å². The fourth-order valence-corrected chi connectivity index (χ4v) is 2.27. The van der Waals surface area contributed by atoms with Gasteiger partial charge in [-0.1, -0.05) is 0 Å². The maximum absolute atomic E-state index is 13.0. The number of carbonyl (C=O) groups excluding carboxylic acids is 1. The number of carbonyl (C=O) groups is 1. The van der Waals surface area contributed by atoms with Crippen molar-refractivity contribution in [1.82, 2.24) is 0 Å². The molecule has 1 amide bonds. The Kier molecular flexibility index (Phi) is 3.31. The molecule has 0 aliphatic carbocycles. The van der Waals surface area contributed by atoms with Crippen LogP contribution in [0.15, 0.2) is 40.9 Å². The number of fused-ring (bicyclic) bond motifs is 1. The van der Waals surface area contributed by atoms with Gasteiger partial charge in [0.25, 0.3) is 5.91 Å². The summed E-state index contributed by atoms with van der Waals surface area (Å²) in [7, 11) is 0. The summed E-state index contributed by atoms with van der Waals surface area (Å²) in [5.74, 6) is 0.467. The lowest BCUT2D eigenvalue weighted by Gasteiger charge is -2.08. The molecule has 0 bridgehead atoms. The summed E-state index contributed by atoms with van der Waals surface area (Å²) >= 11 is 3.20. The Morgan fingerprint density at radius 2 is 1.95 bits per heavy atom. The minimum atomic E-state index is -0.377. The minimum absolute atomic E-state index is 0.157. The Balaban J connectivity index is 1.82. The molecule has 6 heteroatoms. The number of hydrogen-bond donors (Lipinski definition) is 1. The SMILES string of the molecule is O=C(Nc1ccc(F)cc1Br)c1ccc2c(c1)OCO2. The summed E-state index contributed by atoms with van der Waals surface area (Å²) in [4.78, 5) is 12.1. The Bertz CT molecular complexity index is 690. The van der Waals surface area contributed by atoms with E-state index in [0.717, 1.165) is 0 Å². The maximum Gasteiger partial charge on any atom is 0.255 e. The van der Waals surface area contributed by atoms with E-state index in [0.29, 0.717) is 27.2 Å². The molecule has 0 atom stereocenters. The lowest BCUT2D eigenvalue weighted by atomic mass is 10.2. The number of amides is 1. The van der Waals surface area contributed by atoms with Gasteiger partial charge in [-0.2, -0.15) is 0 Å². The summed E-state index contributed by atoms with van der Waals surface area (Å²) < 4.78 is 23.9. The van der Waals surface area contributed by atoms with Crippen LogP contribution in [0.4, 0.5) is 10.1 Å². The summed E-state index contributed by atoms with van der Waals surface area (Å²) in [5.41, 5.74) is 0.930. The molecule has 0 aromatic heterocycles. The van der Waals surface area contributed by atoms with E-state index < -0.39 is 0 Å². The first-order valence-corrected chi connectivity index (χ1v) is 6.59. The molecule has 1 aliphatic heterocycles. The molecule has 2 aromatic rings. The molecule has 4 nitrogen and oxygen atoms in total. The molecule has 20 heavy (non-hydrogen) atoms. The summed E-state index contributed by atoms with van der Waals surface area (Å²) in [6, 6.07) is 8.98. The van der Waals surface area contributed by atoms with Crippen LogP contribution < -0.4 is 14.8 Å². The Hall–Kier alpha value is -2.08. The zero-order valence-electron chi connectivity index (χ0n) is 10.2. The first-order chi connectivity index (χ1) is 9.63.